The van der Waals surface area contributed by atoms with Gasteiger partial charge in [0.05, 0.1) is 29.7 Å². The van der Waals surface area contributed by atoms with Crippen LogP contribution in [0, 0.1) is 17.1 Å². The Kier molecular flexibility index (Phi) is 6.68. The lowest BCUT2D eigenvalue weighted by molar-refractivity contribution is 0.610. The van der Waals surface area contributed by atoms with Gasteiger partial charge >= 0.3 is 0 Å². The zero-order valence-electron chi connectivity index (χ0n) is 13.9. The molecule has 1 aromatic heterocycles. The summed E-state index contributed by atoms with van der Waals surface area (Å²) in [6.45, 7) is 3.16. The molecule has 0 fully saturated rings. The van der Waals surface area contributed by atoms with Crippen LogP contribution < -0.4 is 10.6 Å². The highest BCUT2D eigenvalue weighted by molar-refractivity contribution is 6.41. The fraction of sp³-hybridized carbons (Fsp3) is 0.294. The van der Waals surface area contributed by atoms with E-state index in [4.69, 9.17) is 28.5 Å². The third-order valence-corrected chi connectivity index (χ3v) is 4.42. The summed E-state index contributed by atoms with van der Waals surface area (Å²) in [5.41, 5.74) is 1.65. The molecule has 1 aromatic carbocycles. The Bertz CT molecular complexity index is 823. The van der Waals surface area contributed by atoms with Crippen LogP contribution in [0.1, 0.15) is 23.7 Å². The van der Waals surface area contributed by atoms with Gasteiger partial charge in [0.2, 0.25) is 0 Å². The van der Waals surface area contributed by atoms with E-state index in [1.807, 2.05) is 20.0 Å². The Hall–Kier alpha value is -2.23. The molecular formula is C17H18Cl2FN5. The van der Waals surface area contributed by atoms with Crippen molar-refractivity contribution >= 4 is 29.2 Å². The van der Waals surface area contributed by atoms with Crippen molar-refractivity contribution in [3.05, 3.63) is 57.1 Å². The first-order chi connectivity index (χ1) is 12.0. The number of hydrogen-bond acceptors (Lipinski definition) is 2. The zero-order chi connectivity index (χ0) is 18.4. The summed E-state index contributed by atoms with van der Waals surface area (Å²) in [6, 6.07) is 7.98. The fourth-order valence-electron chi connectivity index (χ4n) is 2.20. The highest BCUT2D eigenvalue weighted by Gasteiger charge is 2.09. The number of rotatable bonds is 5. The summed E-state index contributed by atoms with van der Waals surface area (Å²) < 4.78 is 15.6. The molecule has 0 atom stereocenters. The fourth-order valence-corrected chi connectivity index (χ4v) is 2.62. The molecular weight excluding hydrogens is 364 g/mol. The number of aromatic nitrogens is 1. The predicted octanol–water partition coefficient (Wildman–Crippen LogP) is 3.60. The Morgan fingerprint density at radius 1 is 1.32 bits per heavy atom. The molecule has 1 heterocycles. The SMILES string of the molecule is CCNC(=NCc1cc(C#N)ccc1F)NCc1cc(Cl)c(Cl)n1C. The Balaban J connectivity index is 2.10. The molecule has 8 heteroatoms. The number of nitrogens with one attached hydrogen (secondary N) is 2. The van der Waals surface area contributed by atoms with Crippen molar-refractivity contribution in [3.63, 3.8) is 0 Å². The lowest BCUT2D eigenvalue weighted by Crippen LogP contribution is -2.37. The van der Waals surface area contributed by atoms with Gasteiger partial charge in [0, 0.05) is 24.8 Å². The number of hydrogen-bond donors (Lipinski definition) is 2. The van der Waals surface area contributed by atoms with Gasteiger partial charge in [-0.3, -0.25) is 0 Å². The lowest BCUT2D eigenvalue weighted by atomic mass is 10.1. The van der Waals surface area contributed by atoms with Gasteiger partial charge in [-0.1, -0.05) is 23.2 Å². The quantitative estimate of drug-likeness (QED) is 0.614. The second-order valence-corrected chi connectivity index (χ2v) is 6.07. The van der Waals surface area contributed by atoms with Crippen molar-refractivity contribution in [1.29, 1.82) is 5.26 Å². The monoisotopic (exact) mass is 381 g/mol. The average Bonchev–Trinajstić information content (AvgIpc) is 2.85. The molecule has 25 heavy (non-hydrogen) atoms. The smallest absolute Gasteiger partial charge is 0.191 e. The van der Waals surface area contributed by atoms with Gasteiger partial charge in [-0.2, -0.15) is 5.26 Å². The van der Waals surface area contributed by atoms with Crippen molar-refractivity contribution < 1.29 is 4.39 Å². The number of benzene rings is 1. The second-order valence-electron chi connectivity index (χ2n) is 5.30. The second kappa shape index (κ2) is 8.75. The van der Waals surface area contributed by atoms with E-state index in [0.29, 0.717) is 40.4 Å². The minimum absolute atomic E-state index is 0.116. The van der Waals surface area contributed by atoms with E-state index in [-0.39, 0.29) is 12.4 Å². The number of nitrogens with zero attached hydrogens (tertiary/aromatic N) is 3. The van der Waals surface area contributed by atoms with E-state index in [2.05, 4.69) is 15.6 Å². The highest BCUT2D eigenvalue weighted by atomic mass is 35.5. The Morgan fingerprint density at radius 3 is 2.68 bits per heavy atom. The van der Waals surface area contributed by atoms with Crippen LogP contribution in [0.3, 0.4) is 0 Å². The van der Waals surface area contributed by atoms with Crippen LogP contribution in [0.4, 0.5) is 4.39 Å². The zero-order valence-corrected chi connectivity index (χ0v) is 15.4. The van der Waals surface area contributed by atoms with Gasteiger partial charge < -0.3 is 15.2 Å². The number of halogens is 3. The first-order valence-corrected chi connectivity index (χ1v) is 8.42. The molecule has 0 unspecified atom stereocenters. The topological polar surface area (TPSA) is 65.1 Å². The molecule has 0 radical (unpaired) electrons. The Labute approximate surface area is 156 Å². The van der Waals surface area contributed by atoms with E-state index in [0.717, 1.165) is 5.69 Å². The number of aliphatic imine (C=N–C) groups is 1. The predicted molar refractivity (Wildman–Crippen MR) is 98.2 cm³/mol. The summed E-state index contributed by atoms with van der Waals surface area (Å²) in [5.74, 6) is 0.136. The molecule has 0 saturated carbocycles. The van der Waals surface area contributed by atoms with E-state index < -0.39 is 0 Å². The molecule has 2 N–H and O–H groups in total. The van der Waals surface area contributed by atoms with Crippen LogP contribution in [-0.2, 0) is 20.1 Å². The van der Waals surface area contributed by atoms with Gasteiger partial charge in [-0.15, -0.1) is 0 Å². The largest absolute Gasteiger partial charge is 0.357 e. The minimum atomic E-state index is -0.389. The van der Waals surface area contributed by atoms with Crippen molar-refractivity contribution in [2.24, 2.45) is 12.0 Å². The summed E-state index contributed by atoms with van der Waals surface area (Å²) in [4.78, 5) is 4.36. The molecule has 0 aliphatic rings. The van der Waals surface area contributed by atoms with Gasteiger partial charge in [0.1, 0.15) is 11.0 Å². The maximum atomic E-state index is 13.8. The normalized spacial score (nSPS) is 11.3. The maximum absolute atomic E-state index is 13.8. The summed E-state index contributed by atoms with van der Waals surface area (Å²) in [7, 11) is 1.82. The maximum Gasteiger partial charge on any atom is 0.191 e. The molecule has 0 bridgehead atoms. The van der Waals surface area contributed by atoms with E-state index in [1.54, 1.807) is 10.6 Å². The van der Waals surface area contributed by atoms with Crippen LogP contribution in [0.5, 0.6) is 0 Å². The highest BCUT2D eigenvalue weighted by Crippen LogP contribution is 2.24. The first kappa shape index (κ1) is 19.1. The van der Waals surface area contributed by atoms with E-state index >= 15 is 0 Å². The summed E-state index contributed by atoms with van der Waals surface area (Å²) in [5, 5.41) is 16.1. The van der Waals surface area contributed by atoms with Gasteiger partial charge in [0.15, 0.2) is 5.96 Å². The molecule has 2 aromatic rings. The molecule has 0 aliphatic heterocycles. The Morgan fingerprint density at radius 2 is 2.08 bits per heavy atom. The standard InChI is InChI=1S/C17H18Cl2FN5/c1-3-22-17(24-10-13-7-14(18)16(19)25(13)2)23-9-12-6-11(8-21)4-5-15(12)20/h4-7H,3,9-10H2,1-2H3,(H2,22,23,24). The first-order valence-electron chi connectivity index (χ1n) is 7.66. The minimum Gasteiger partial charge on any atom is -0.357 e. The van der Waals surface area contributed by atoms with Gasteiger partial charge in [-0.25, -0.2) is 9.38 Å². The van der Waals surface area contributed by atoms with Gasteiger partial charge in [0.25, 0.3) is 0 Å². The van der Waals surface area contributed by atoms with Gasteiger partial charge in [-0.05, 0) is 31.2 Å². The molecule has 0 amide bonds. The molecule has 0 saturated heterocycles. The van der Waals surface area contributed by atoms with E-state index in [9.17, 15) is 4.39 Å². The van der Waals surface area contributed by atoms with E-state index in [1.165, 1.54) is 18.2 Å². The molecule has 5 nitrogen and oxygen atoms in total. The average molecular weight is 382 g/mol. The summed E-state index contributed by atoms with van der Waals surface area (Å²) >= 11 is 12.1. The number of nitriles is 1. The van der Waals surface area contributed by atoms with Crippen molar-refractivity contribution in [2.45, 2.75) is 20.0 Å². The molecule has 2 rings (SSSR count). The van der Waals surface area contributed by atoms with Crippen molar-refractivity contribution in [1.82, 2.24) is 15.2 Å². The van der Waals surface area contributed by atoms with Crippen molar-refractivity contribution in [2.75, 3.05) is 6.54 Å². The molecule has 132 valence electrons. The lowest BCUT2D eigenvalue weighted by Gasteiger charge is -2.12. The third kappa shape index (κ3) is 4.88. The van der Waals surface area contributed by atoms with Crippen molar-refractivity contribution in [3.8, 4) is 6.07 Å². The van der Waals surface area contributed by atoms with Crippen LogP contribution in [0.15, 0.2) is 29.3 Å². The van der Waals surface area contributed by atoms with Crippen LogP contribution in [0.2, 0.25) is 10.2 Å². The van der Waals surface area contributed by atoms with Crippen LogP contribution >= 0.6 is 23.2 Å². The molecule has 0 aliphatic carbocycles. The third-order valence-electron chi connectivity index (χ3n) is 3.58. The van der Waals surface area contributed by atoms with Crippen LogP contribution in [-0.4, -0.2) is 17.1 Å². The summed E-state index contributed by atoms with van der Waals surface area (Å²) in [6.07, 6.45) is 0. The van der Waals surface area contributed by atoms with Crippen LogP contribution in [0.25, 0.3) is 0 Å². The number of guanidine groups is 1. The molecule has 0 spiro atoms.